The smallest absolute Gasteiger partial charge is 0.323 e. The Balaban J connectivity index is 2.02. The van der Waals surface area contributed by atoms with Crippen molar-refractivity contribution in [2.45, 2.75) is 0 Å². The molecule has 108 valence electrons. The maximum Gasteiger partial charge on any atom is 0.323 e. The van der Waals surface area contributed by atoms with Crippen molar-refractivity contribution in [3.05, 3.63) is 57.6 Å². The van der Waals surface area contributed by atoms with Gasteiger partial charge in [-0.3, -0.25) is 10.1 Å². The van der Waals surface area contributed by atoms with Crippen LogP contribution in [0.2, 0.25) is 5.02 Å². The highest BCUT2D eigenvalue weighted by Gasteiger charge is 2.08. The maximum atomic E-state index is 11.8. The monoisotopic (exact) mass is 307 g/mol. The summed E-state index contributed by atoms with van der Waals surface area (Å²) in [5, 5.41) is 24.9. The molecular weight excluding hydrogens is 298 g/mol. The van der Waals surface area contributed by atoms with E-state index in [1.807, 2.05) is 0 Å². The van der Waals surface area contributed by atoms with Gasteiger partial charge in [0.1, 0.15) is 5.75 Å². The molecule has 2 aromatic carbocycles. The SMILES string of the molecule is O=C(Nc1ccc([N+](=O)[O-])cc1)Nc1ccc(O)cc1Cl. The van der Waals surface area contributed by atoms with Crippen LogP contribution in [0.15, 0.2) is 42.5 Å². The van der Waals surface area contributed by atoms with Crippen LogP contribution < -0.4 is 10.6 Å². The molecule has 0 bridgehead atoms. The van der Waals surface area contributed by atoms with Crippen molar-refractivity contribution in [3.8, 4) is 5.75 Å². The number of non-ortho nitro benzene ring substituents is 1. The third kappa shape index (κ3) is 3.83. The first-order valence-corrected chi connectivity index (χ1v) is 6.14. The van der Waals surface area contributed by atoms with Gasteiger partial charge in [0, 0.05) is 23.9 Å². The summed E-state index contributed by atoms with van der Waals surface area (Å²) in [5.41, 5.74) is 0.657. The molecule has 0 spiro atoms. The zero-order valence-corrected chi connectivity index (χ0v) is 11.3. The van der Waals surface area contributed by atoms with Crippen molar-refractivity contribution in [2.24, 2.45) is 0 Å². The van der Waals surface area contributed by atoms with E-state index < -0.39 is 11.0 Å². The van der Waals surface area contributed by atoms with Crippen molar-refractivity contribution in [3.63, 3.8) is 0 Å². The van der Waals surface area contributed by atoms with Gasteiger partial charge in [0.05, 0.1) is 15.6 Å². The minimum Gasteiger partial charge on any atom is -0.508 e. The molecule has 21 heavy (non-hydrogen) atoms. The Morgan fingerprint density at radius 3 is 2.38 bits per heavy atom. The Morgan fingerprint density at radius 1 is 1.14 bits per heavy atom. The van der Waals surface area contributed by atoms with Gasteiger partial charge in [-0.25, -0.2) is 4.79 Å². The largest absolute Gasteiger partial charge is 0.508 e. The van der Waals surface area contributed by atoms with E-state index in [1.54, 1.807) is 0 Å². The van der Waals surface area contributed by atoms with Crippen LogP contribution in [0.3, 0.4) is 0 Å². The first kappa shape index (κ1) is 14.6. The van der Waals surface area contributed by atoms with Crippen LogP contribution in [-0.4, -0.2) is 16.1 Å². The number of hydrogen-bond acceptors (Lipinski definition) is 4. The Hall–Kier alpha value is -2.80. The molecule has 0 aromatic heterocycles. The van der Waals surface area contributed by atoms with E-state index in [0.717, 1.165) is 0 Å². The third-order valence-corrected chi connectivity index (χ3v) is 2.85. The highest BCUT2D eigenvalue weighted by atomic mass is 35.5. The quantitative estimate of drug-likeness (QED) is 0.457. The minimum absolute atomic E-state index is 0.0127. The van der Waals surface area contributed by atoms with Gasteiger partial charge >= 0.3 is 6.03 Å². The molecular formula is C13H10ClN3O4. The van der Waals surface area contributed by atoms with Gasteiger partial charge in [0.25, 0.3) is 5.69 Å². The second-order valence-electron chi connectivity index (χ2n) is 4.05. The van der Waals surface area contributed by atoms with E-state index in [1.165, 1.54) is 42.5 Å². The molecule has 0 radical (unpaired) electrons. The molecule has 0 aliphatic carbocycles. The van der Waals surface area contributed by atoms with Gasteiger partial charge in [-0.2, -0.15) is 0 Å². The summed E-state index contributed by atoms with van der Waals surface area (Å²) in [4.78, 5) is 21.7. The molecule has 0 saturated heterocycles. The number of hydrogen-bond donors (Lipinski definition) is 3. The molecule has 7 nitrogen and oxygen atoms in total. The number of anilines is 2. The lowest BCUT2D eigenvalue weighted by molar-refractivity contribution is -0.384. The summed E-state index contributed by atoms with van der Waals surface area (Å²) >= 11 is 5.85. The highest BCUT2D eigenvalue weighted by molar-refractivity contribution is 6.34. The van der Waals surface area contributed by atoms with Crippen LogP contribution >= 0.6 is 11.6 Å². The fourth-order valence-corrected chi connectivity index (χ4v) is 1.78. The van der Waals surface area contributed by atoms with Crippen LogP contribution in [0.25, 0.3) is 0 Å². The number of carbonyl (C=O) groups excluding carboxylic acids is 1. The van der Waals surface area contributed by atoms with E-state index in [-0.39, 0.29) is 16.5 Å². The molecule has 0 fully saturated rings. The second-order valence-corrected chi connectivity index (χ2v) is 4.45. The Kier molecular flexibility index (Phi) is 4.24. The van der Waals surface area contributed by atoms with Crippen molar-refractivity contribution < 1.29 is 14.8 Å². The molecule has 0 aliphatic rings. The lowest BCUT2D eigenvalue weighted by Crippen LogP contribution is -2.19. The van der Waals surface area contributed by atoms with Gasteiger partial charge in [0.15, 0.2) is 0 Å². The van der Waals surface area contributed by atoms with Crippen LogP contribution in [0.5, 0.6) is 5.75 Å². The molecule has 2 aromatic rings. The number of nitro groups is 1. The summed E-state index contributed by atoms with van der Waals surface area (Å²) < 4.78 is 0. The number of phenols is 1. The van der Waals surface area contributed by atoms with Crippen molar-refractivity contribution >= 4 is 34.7 Å². The van der Waals surface area contributed by atoms with E-state index in [2.05, 4.69) is 10.6 Å². The van der Waals surface area contributed by atoms with Gasteiger partial charge in [0.2, 0.25) is 0 Å². The lowest BCUT2D eigenvalue weighted by atomic mass is 10.3. The number of carbonyl (C=O) groups is 1. The van der Waals surface area contributed by atoms with Crippen LogP contribution in [0.4, 0.5) is 21.9 Å². The van der Waals surface area contributed by atoms with Crippen molar-refractivity contribution in [1.29, 1.82) is 0 Å². The van der Waals surface area contributed by atoms with Crippen LogP contribution in [0, 0.1) is 10.1 Å². The fraction of sp³-hybridized carbons (Fsp3) is 0. The Morgan fingerprint density at radius 2 is 1.81 bits per heavy atom. The summed E-state index contributed by atoms with van der Waals surface area (Å²) in [7, 11) is 0. The number of aromatic hydroxyl groups is 1. The van der Waals surface area contributed by atoms with E-state index in [0.29, 0.717) is 11.4 Å². The maximum absolute atomic E-state index is 11.8. The van der Waals surface area contributed by atoms with E-state index >= 15 is 0 Å². The average Bonchev–Trinajstić information content (AvgIpc) is 2.42. The van der Waals surface area contributed by atoms with Crippen LogP contribution in [-0.2, 0) is 0 Å². The predicted octanol–water partition coefficient (Wildman–Crippen LogP) is 3.60. The number of urea groups is 1. The molecule has 0 heterocycles. The van der Waals surface area contributed by atoms with Crippen LogP contribution in [0.1, 0.15) is 0 Å². The number of rotatable bonds is 3. The van der Waals surface area contributed by atoms with Gasteiger partial charge in [-0.05, 0) is 24.3 Å². The summed E-state index contributed by atoms with van der Waals surface area (Å²) in [6.07, 6.45) is 0. The molecule has 8 heteroatoms. The number of amides is 2. The van der Waals surface area contributed by atoms with Gasteiger partial charge < -0.3 is 15.7 Å². The Bertz CT molecular complexity index is 688. The zero-order chi connectivity index (χ0) is 15.4. The number of benzene rings is 2. The Labute approximate surface area is 124 Å². The lowest BCUT2D eigenvalue weighted by Gasteiger charge is -2.09. The molecule has 3 N–H and O–H groups in total. The minimum atomic E-state index is -0.559. The van der Waals surface area contributed by atoms with Crippen molar-refractivity contribution in [1.82, 2.24) is 0 Å². The molecule has 0 unspecified atom stereocenters. The average molecular weight is 308 g/mol. The third-order valence-electron chi connectivity index (χ3n) is 2.54. The summed E-state index contributed by atoms with van der Waals surface area (Å²) in [6.45, 7) is 0. The highest BCUT2D eigenvalue weighted by Crippen LogP contribution is 2.26. The standard InChI is InChI=1S/C13H10ClN3O4/c14-11-7-10(18)5-6-12(11)16-13(19)15-8-1-3-9(4-2-8)17(20)21/h1-7,18H,(H2,15,16,19). The first-order chi connectivity index (χ1) is 9.95. The summed E-state index contributed by atoms with van der Waals surface area (Å²) in [6, 6.07) is 8.96. The number of nitrogens with zero attached hydrogens (tertiary/aromatic N) is 1. The number of nitro benzene ring substituents is 1. The molecule has 2 amide bonds. The van der Waals surface area contributed by atoms with Gasteiger partial charge in [-0.15, -0.1) is 0 Å². The predicted molar refractivity (Wildman–Crippen MR) is 78.9 cm³/mol. The molecule has 0 saturated carbocycles. The summed E-state index contributed by atoms with van der Waals surface area (Å²) in [5.74, 6) is -0.0127. The second kappa shape index (κ2) is 6.10. The number of phenolic OH excluding ortho intramolecular Hbond substituents is 1. The first-order valence-electron chi connectivity index (χ1n) is 5.76. The van der Waals surface area contributed by atoms with E-state index in [4.69, 9.17) is 11.6 Å². The van der Waals surface area contributed by atoms with Gasteiger partial charge in [-0.1, -0.05) is 11.6 Å². The normalized spacial score (nSPS) is 9.95. The fourth-order valence-electron chi connectivity index (χ4n) is 1.56. The zero-order valence-electron chi connectivity index (χ0n) is 10.5. The number of nitrogens with one attached hydrogen (secondary N) is 2. The van der Waals surface area contributed by atoms with Crippen molar-refractivity contribution in [2.75, 3.05) is 10.6 Å². The topological polar surface area (TPSA) is 104 Å². The molecule has 2 rings (SSSR count). The van der Waals surface area contributed by atoms with E-state index in [9.17, 15) is 20.0 Å². The molecule has 0 aliphatic heterocycles. The molecule has 0 atom stereocenters. The number of halogens is 1.